The van der Waals surface area contributed by atoms with Crippen molar-refractivity contribution in [3.8, 4) is 0 Å². The van der Waals surface area contributed by atoms with Crippen LogP contribution in [0.5, 0.6) is 0 Å². The van der Waals surface area contributed by atoms with Crippen molar-refractivity contribution in [1.29, 1.82) is 0 Å². The van der Waals surface area contributed by atoms with E-state index in [4.69, 9.17) is 0 Å². The number of carbonyl (C=O) groups is 2. The zero-order valence-electron chi connectivity index (χ0n) is 11.2. The van der Waals surface area contributed by atoms with E-state index in [0.29, 0.717) is 19.4 Å². The summed E-state index contributed by atoms with van der Waals surface area (Å²) in [6.07, 6.45) is 1.07. The number of methoxy groups -OCH3 is 1. The molecule has 0 aromatic heterocycles. The first-order chi connectivity index (χ1) is 9.93. The van der Waals surface area contributed by atoms with Gasteiger partial charge >= 0.3 is 5.97 Å². The van der Waals surface area contributed by atoms with Crippen molar-refractivity contribution < 1.29 is 23.6 Å². The highest BCUT2D eigenvalue weighted by atomic mass is 19.1. The molecule has 1 heterocycles. The number of nitro benzene ring substituents is 1. The maximum atomic E-state index is 13.4. The topological polar surface area (TPSA) is 89.8 Å². The summed E-state index contributed by atoms with van der Waals surface area (Å²) in [5.74, 6) is -2.04. The Kier molecular flexibility index (Phi) is 4.15. The number of likely N-dealkylation sites (tertiary alicyclic amines) is 1. The van der Waals surface area contributed by atoms with Crippen LogP contribution in [0.15, 0.2) is 18.2 Å². The molecule has 0 aliphatic carbocycles. The number of carbonyl (C=O) groups excluding carboxylic acids is 2. The number of hydrogen-bond acceptors (Lipinski definition) is 5. The van der Waals surface area contributed by atoms with Crippen LogP contribution in [0.1, 0.15) is 23.2 Å². The molecular weight excluding hydrogens is 283 g/mol. The summed E-state index contributed by atoms with van der Waals surface area (Å²) >= 11 is 0. The van der Waals surface area contributed by atoms with Gasteiger partial charge in [-0.1, -0.05) is 0 Å². The van der Waals surface area contributed by atoms with E-state index in [1.807, 2.05) is 0 Å². The normalized spacial score (nSPS) is 17.6. The number of esters is 1. The number of rotatable bonds is 3. The second kappa shape index (κ2) is 5.86. The fourth-order valence-electron chi connectivity index (χ4n) is 2.36. The first kappa shape index (κ1) is 14.9. The Balaban J connectivity index is 2.31. The zero-order chi connectivity index (χ0) is 15.6. The zero-order valence-corrected chi connectivity index (χ0v) is 11.2. The summed E-state index contributed by atoms with van der Waals surface area (Å²) in [6.45, 7) is 0.322. The van der Waals surface area contributed by atoms with E-state index in [1.54, 1.807) is 0 Å². The molecule has 0 bridgehead atoms. The Morgan fingerprint density at radius 1 is 1.43 bits per heavy atom. The number of hydrogen-bond donors (Lipinski definition) is 0. The van der Waals surface area contributed by atoms with Crippen LogP contribution in [0.3, 0.4) is 0 Å². The minimum Gasteiger partial charge on any atom is -0.467 e. The summed E-state index contributed by atoms with van der Waals surface area (Å²) in [4.78, 5) is 35.1. The van der Waals surface area contributed by atoms with Crippen LogP contribution < -0.4 is 0 Å². The summed E-state index contributed by atoms with van der Waals surface area (Å²) < 4.78 is 18.0. The number of nitro groups is 1. The number of ether oxygens (including phenoxy) is 1. The van der Waals surface area contributed by atoms with Crippen LogP contribution in [0.2, 0.25) is 0 Å². The molecule has 2 rings (SSSR count). The van der Waals surface area contributed by atoms with Gasteiger partial charge in [-0.05, 0) is 18.9 Å². The van der Waals surface area contributed by atoms with Gasteiger partial charge in [-0.25, -0.2) is 9.18 Å². The Morgan fingerprint density at radius 2 is 2.14 bits per heavy atom. The van der Waals surface area contributed by atoms with E-state index < -0.39 is 34.3 Å². The monoisotopic (exact) mass is 296 g/mol. The van der Waals surface area contributed by atoms with Crippen LogP contribution in [0.4, 0.5) is 10.1 Å². The van der Waals surface area contributed by atoms with Gasteiger partial charge in [0.05, 0.1) is 18.1 Å². The third kappa shape index (κ3) is 2.99. The van der Waals surface area contributed by atoms with Gasteiger partial charge in [-0.3, -0.25) is 14.9 Å². The molecule has 1 saturated heterocycles. The van der Waals surface area contributed by atoms with E-state index in [9.17, 15) is 24.1 Å². The lowest BCUT2D eigenvalue weighted by Gasteiger charge is -2.22. The smallest absolute Gasteiger partial charge is 0.328 e. The fourth-order valence-corrected chi connectivity index (χ4v) is 2.36. The largest absolute Gasteiger partial charge is 0.467 e. The molecule has 1 aliphatic heterocycles. The molecule has 112 valence electrons. The Bertz CT molecular complexity index is 604. The molecule has 1 amide bonds. The Morgan fingerprint density at radius 3 is 2.76 bits per heavy atom. The van der Waals surface area contributed by atoms with Gasteiger partial charge in [0.1, 0.15) is 11.9 Å². The molecule has 1 aromatic carbocycles. The lowest BCUT2D eigenvalue weighted by molar-refractivity contribution is -0.385. The van der Waals surface area contributed by atoms with Crippen molar-refractivity contribution in [3.05, 3.63) is 39.7 Å². The highest BCUT2D eigenvalue weighted by molar-refractivity contribution is 5.97. The van der Waals surface area contributed by atoms with Crippen molar-refractivity contribution in [2.45, 2.75) is 18.9 Å². The Labute approximate surface area is 119 Å². The second-order valence-electron chi connectivity index (χ2n) is 4.63. The van der Waals surface area contributed by atoms with Crippen LogP contribution in [-0.2, 0) is 9.53 Å². The van der Waals surface area contributed by atoms with Gasteiger partial charge in [0.25, 0.3) is 11.6 Å². The van der Waals surface area contributed by atoms with Gasteiger partial charge in [-0.2, -0.15) is 0 Å². The van der Waals surface area contributed by atoms with Crippen LogP contribution in [0, 0.1) is 15.9 Å². The van der Waals surface area contributed by atoms with Crippen molar-refractivity contribution in [2.75, 3.05) is 13.7 Å². The van der Waals surface area contributed by atoms with Gasteiger partial charge in [0, 0.05) is 18.2 Å². The third-order valence-corrected chi connectivity index (χ3v) is 3.33. The maximum Gasteiger partial charge on any atom is 0.328 e. The molecule has 1 aromatic rings. The third-order valence-electron chi connectivity index (χ3n) is 3.33. The van der Waals surface area contributed by atoms with Crippen molar-refractivity contribution in [3.63, 3.8) is 0 Å². The average Bonchev–Trinajstić information content (AvgIpc) is 2.94. The molecule has 0 radical (unpaired) electrons. The van der Waals surface area contributed by atoms with E-state index in [0.717, 1.165) is 18.2 Å². The van der Waals surface area contributed by atoms with Gasteiger partial charge in [0.2, 0.25) is 0 Å². The van der Waals surface area contributed by atoms with Crippen LogP contribution >= 0.6 is 0 Å². The molecule has 0 saturated carbocycles. The predicted octanol–water partition coefficient (Wildman–Crippen LogP) is 1.51. The number of halogens is 1. The van der Waals surface area contributed by atoms with Gasteiger partial charge in [-0.15, -0.1) is 0 Å². The SMILES string of the molecule is COC(=O)C1CCCN1C(=O)c1cc(F)cc([N+](=O)[O-])c1. The van der Waals surface area contributed by atoms with E-state index >= 15 is 0 Å². The first-order valence-corrected chi connectivity index (χ1v) is 6.28. The first-order valence-electron chi connectivity index (χ1n) is 6.28. The molecular formula is C13H13FN2O5. The molecule has 1 unspecified atom stereocenters. The van der Waals surface area contributed by atoms with E-state index in [1.165, 1.54) is 12.0 Å². The summed E-state index contributed by atoms with van der Waals surface area (Å²) in [7, 11) is 1.22. The predicted molar refractivity (Wildman–Crippen MR) is 69.1 cm³/mol. The molecule has 0 spiro atoms. The van der Waals surface area contributed by atoms with Crippen LogP contribution in [-0.4, -0.2) is 41.4 Å². The minimum absolute atomic E-state index is 0.155. The Hall–Kier alpha value is -2.51. The van der Waals surface area contributed by atoms with E-state index in [2.05, 4.69) is 4.74 Å². The van der Waals surface area contributed by atoms with Crippen molar-refractivity contribution in [1.82, 2.24) is 4.90 Å². The molecule has 21 heavy (non-hydrogen) atoms. The number of nitrogens with zero attached hydrogens (tertiary/aromatic N) is 2. The van der Waals surface area contributed by atoms with E-state index in [-0.39, 0.29) is 5.56 Å². The van der Waals surface area contributed by atoms with Gasteiger partial charge in [0.15, 0.2) is 0 Å². The summed E-state index contributed by atoms with van der Waals surface area (Å²) in [5, 5.41) is 10.7. The lowest BCUT2D eigenvalue weighted by atomic mass is 10.1. The number of non-ortho nitro benzene ring substituents is 1. The van der Waals surface area contributed by atoms with Gasteiger partial charge < -0.3 is 9.64 Å². The average molecular weight is 296 g/mol. The number of benzene rings is 1. The fraction of sp³-hybridized carbons (Fsp3) is 0.385. The summed E-state index contributed by atoms with van der Waals surface area (Å²) in [5.41, 5.74) is -0.662. The minimum atomic E-state index is -0.874. The standard InChI is InChI=1S/C13H13FN2O5/c1-21-13(18)11-3-2-4-15(11)12(17)8-5-9(14)7-10(6-8)16(19)20/h5-7,11H,2-4H2,1H3. The van der Waals surface area contributed by atoms with Crippen molar-refractivity contribution >= 4 is 17.6 Å². The highest BCUT2D eigenvalue weighted by Crippen LogP contribution is 2.23. The molecule has 1 fully saturated rings. The number of amides is 1. The highest BCUT2D eigenvalue weighted by Gasteiger charge is 2.35. The van der Waals surface area contributed by atoms with Crippen LogP contribution in [0.25, 0.3) is 0 Å². The molecule has 0 N–H and O–H groups in total. The molecule has 1 atom stereocenters. The molecule has 8 heteroatoms. The second-order valence-corrected chi connectivity index (χ2v) is 4.63. The lowest BCUT2D eigenvalue weighted by Crippen LogP contribution is -2.41. The molecule has 1 aliphatic rings. The van der Waals surface area contributed by atoms with Crippen molar-refractivity contribution in [2.24, 2.45) is 0 Å². The maximum absolute atomic E-state index is 13.4. The quantitative estimate of drug-likeness (QED) is 0.479. The molecule has 7 nitrogen and oxygen atoms in total. The summed E-state index contributed by atoms with van der Waals surface area (Å²) in [6, 6.07) is 1.92.